The van der Waals surface area contributed by atoms with E-state index in [4.69, 9.17) is 0 Å². The second-order valence-electron chi connectivity index (χ2n) is 6.75. The van der Waals surface area contributed by atoms with Crippen LogP contribution in [0.4, 0.5) is 0 Å². The minimum atomic E-state index is -3.32. The number of nitrogens with zero attached hydrogens (tertiary/aromatic N) is 2. The largest absolute Gasteiger partial charge is 0.337 e. The van der Waals surface area contributed by atoms with Gasteiger partial charge in [-0.3, -0.25) is 9.59 Å². The average Bonchev–Trinajstić information content (AvgIpc) is 3.26. The fourth-order valence-electron chi connectivity index (χ4n) is 3.48. The molecule has 1 N–H and O–H groups in total. The molecule has 0 aromatic carbocycles. The van der Waals surface area contributed by atoms with E-state index >= 15 is 0 Å². The molecular formula is C16H23N3O4S. The van der Waals surface area contributed by atoms with Crippen LogP contribution in [0, 0.1) is 11.8 Å². The van der Waals surface area contributed by atoms with Gasteiger partial charge in [-0.2, -0.15) is 0 Å². The van der Waals surface area contributed by atoms with Crippen LogP contribution in [0.3, 0.4) is 0 Å². The van der Waals surface area contributed by atoms with Crippen molar-refractivity contribution in [3.8, 4) is 0 Å². The van der Waals surface area contributed by atoms with Gasteiger partial charge in [0.2, 0.25) is 10.0 Å². The molecule has 2 heterocycles. The SMILES string of the molecule is CCn1ccc(C(=O)N2C[C@H](NS(C)(=O)=O)[C@@H](C3CC3)C2)cc1=O. The highest BCUT2D eigenvalue weighted by Crippen LogP contribution is 2.41. The van der Waals surface area contributed by atoms with E-state index < -0.39 is 10.0 Å². The van der Waals surface area contributed by atoms with Gasteiger partial charge >= 0.3 is 0 Å². The highest BCUT2D eigenvalue weighted by molar-refractivity contribution is 7.88. The molecule has 2 atom stereocenters. The van der Waals surface area contributed by atoms with Crippen molar-refractivity contribution in [3.05, 3.63) is 34.2 Å². The molecule has 1 amide bonds. The zero-order valence-electron chi connectivity index (χ0n) is 13.9. The molecule has 132 valence electrons. The van der Waals surface area contributed by atoms with Crippen LogP contribution in [-0.4, -0.2) is 49.2 Å². The zero-order valence-corrected chi connectivity index (χ0v) is 14.8. The lowest BCUT2D eigenvalue weighted by Crippen LogP contribution is -2.41. The topological polar surface area (TPSA) is 88.5 Å². The molecule has 8 heteroatoms. The summed E-state index contributed by atoms with van der Waals surface area (Å²) in [6.07, 6.45) is 4.93. The van der Waals surface area contributed by atoms with Crippen molar-refractivity contribution < 1.29 is 13.2 Å². The smallest absolute Gasteiger partial charge is 0.254 e. The second kappa shape index (κ2) is 6.33. The third-order valence-electron chi connectivity index (χ3n) is 4.83. The maximum absolute atomic E-state index is 12.7. The van der Waals surface area contributed by atoms with Crippen molar-refractivity contribution in [3.63, 3.8) is 0 Å². The molecule has 7 nitrogen and oxygen atoms in total. The van der Waals surface area contributed by atoms with Crippen LogP contribution in [0.5, 0.6) is 0 Å². The number of hydrogen-bond acceptors (Lipinski definition) is 4. The van der Waals surface area contributed by atoms with Gasteiger partial charge in [-0.05, 0) is 37.7 Å². The Morgan fingerprint density at radius 3 is 2.58 bits per heavy atom. The summed E-state index contributed by atoms with van der Waals surface area (Å²) in [6.45, 7) is 3.31. The maximum Gasteiger partial charge on any atom is 0.254 e. The number of carbonyl (C=O) groups is 1. The van der Waals surface area contributed by atoms with E-state index in [-0.39, 0.29) is 23.4 Å². The number of rotatable bonds is 5. The fourth-order valence-corrected chi connectivity index (χ4v) is 4.28. The van der Waals surface area contributed by atoms with Crippen LogP contribution < -0.4 is 10.3 Å². The molecule has 0 bridgehead atoms. The van der Waals surface area contributed by atoms with Gasteiger partial charge in [-0.1, -0.05) is 0 Å². The first kappa shape index (κ1) is 17.2. The Labute approximate surface area is 141 Å². The number of amides is 1. The predicted octanol–water partition coefficient (Wildman–Crippen LogP) is 0.268. The molecule has 0 spiro atoms. The molecule has 2 aliphatic rings. The summed E-state index contributed by atoms with van der Waals surface area (Å²) >= 11 is 0. The van der Waals surface area contributed by atoms with Gasteiger partial charge in [0.15, 0.2) is 0 Å². The third-order valence-corrected chi connectivity index (χ3v) is 5.56. The van der Waals surface area contributed by atoms with E-state index in [2.05, 4.69) is 4.72 Å². The predicted molar refractivity (Wildman–Crippen MR) is 90.3 cm³/mol. The van der Waals surface area contributed by atoms with E-state index in [0.717, 1.165) is 19.1 Å². The van der Waals surface area contributed by atoms with E-state index in [1.807, 2.05) is 6.92 Å². The molecule has 1 saturated carbocycles. The van der Waals surface area contributed by atoms with E-state index in [9.17, 15) is 18.0 Å². The summed E-state index contributed by atoms with van der Waals surface area (Å²) in [5.41, 5.74) is 0.159. The van der Waals surface area contributed by atoms with Crippen LogP contribution in [-0.2, 0) is 16.6 Å². The Morgan fingerprint density at radius 1 is 1.33 bits per heavy atom. The van der Waals surface area contributed by atoms with Crippen LogP contribution in [0.15, 0.2) is 23.1 Å². The van der Waals surface area contributed by atoms with Gasteiger partial charge < -0.3 is 9.47 Å². The standard InChI is InChI=1S/C16H23N3O4S/c1-3-18-7-6-12(8-15(18)20)16(21)19-9-13(11-4-5-11)14(10-19)17-24(2,22)23/h6-8,11,13-14,17H,3-5,9-10H2,1-2H3/t13-,14+/m1/s1. The first-order chi connectivity index (χ1) is 11.3. The molecular weight excluding hydrogens is 330 g/mol. The Bertz CT molecular complexity index is 798. The van der Waals surface area contributed by atoms with Crippen molar-refractivity contribution in [2.45, 2.75) is 32.4 Å². The summed E-state index contributed by atoms with van der Waals surface area (Å²) < 4.78 is 27.4. The molecule has 0 unspecified atom stereocenters. The quantitative estimate of drug-likeness (QED) is 0.823. The lowest BCUT2D eigenvalue weighted by atomic mass is 9.99. The molecule has 1 aliphatic carbocycles. The van der Waals surface area contributed by atoms with Gasteiger partial charge in [-0.25, -0.2) is 13.1 Å². The van der Waals surface area contributed by atoms with Gasteiger partial charge in [-0.15, -0.1) is 0 Å². The molecule has 1 aliphatic heterocycles. The lowest BCUT2D eigenvalue weighted by Gasteiger charge is -2.17. The second-order valence-corrected chi connectivity index (χ2v) is 8.53. The number of likely N-dealkylation sites (tertiary alicyclic amines) is 1. The van der Waals surface area contributed by atoms with Crippen molar-refractivity contribution in [1.82, 2.24) is 14.2 Å². The van der Waals surface area contributed by atoms with Crippen LogP contribution >= 0.6 is 0 Å². The van der Waals surface area contributed by atoms with Crippen LogP contribution in [0.2, 0.25) is 0 Å². The molecule has 2 fully saturated rings. The van der Waals surface area contributed by atoms with Crippen molar-refractivity contribution in [2.24, 2.45) is 11.8 Å². The summed E-state index contributed by atoms with van der Waals surface area (Å²) in [7, 11) is -3.32. The number of aryl methyl sites for hydroxylation is 1. The molecule has 24 heavy (non-hydrogen) atoms. The van der Waals surface area contributed by atoms with Gasteiger partial charge in [0.1, 0.15) is 0 Å². The van der Waals surface area contributed by atoms with Gasteiger partial charge in [0.05, 0.1) is 6.26 Å². The molecule has 0 radical (unpaired) electrons. The van der Waals surface area contributed by atoms with Crippen LogP contribution in [0.25, 0.3) is 0 Å². The molecule has 1 aromatic rings. The van der Waals surface area contributed by atoms with E-state index in [1.54, 1.807) is 17.2 Å². The third kappa shape index (κ3) is 3.70. The Hall–Kier alpha value is -1.67. The first-order valence-corrected chi connectivity index (χ1v) is 10.1. The highest BCUT2D eigenvalue weighted by Gasteiger charge is 2.44. The Kier molecular flexibility index (Phi) is 4.52. The van der Waals surface area contributed by atoms with Crippen molar-refractivity contribution in [1.29, 1.82) is 0 Å². The first-order valence-electron chi connectivity index (χ1n) is 8.25. The highest BCUT2D eigenvalue weighted by atomic mass is 32.2. The fraction of sp³-hybridized carbons (Fsp3) is 0.625. The number of pyridine rings is 1. The summed E-state index contributed by atoms with van der Waals surface area (Å²) in [5, 5.41) is 0. The van der Waals surface area contributed by atoms with Crippen molar-refractivity contribution >= 4 is 15.9 Å². The molecule has 3 rings (SSSR count). The minimum absolute atomic E-state index is 0.152. The maximum atomic E-state index is 12.7. The number of sulfonamides is 1. The number of aromatic nitrogens is 1. The van der Waals surface area contributed by atoms with Crippen LogP contribution in [0.1, 0.15) is 30.1 Å². The number of carbonyl (C=O) groups excluding carboxylic acids is 1. The summed E-state index contributed by atoms with van der Waals surface area (Å²) in [4.78, 5) is 26.3. The van der Waals surface area contributed by atoms with E-state index in [1.165, 1.54) is 10.6 Å². The zero-order chi connectivity index (χ0) is 17.5. The Morgan fingerprint density at radius 2 is 2.04 bits per heavy atom. The van der Waals surface area contributed by atoms with Gasteiger partial charge in [0, 0.05) is 43.5 Å². The number of hydrogen-bond donors (Lipinski definition) is 1. The monoisotopic (exact) mass is 353 g/mol. The van der Waals surface area contributed by atoms with Gasteiger partial charge in [0.25, 0.3) is 11.5 Å². The lowest BCUT2D eigenvalue weighted by molar-refractivity contribution is 0.0784. The van der Waals surface area contributed by atoms with Crippen molar-refractivity contribution in [2.75, 3.05) is 19.3 Å². The minimum Gasteiger partial charge on any atom is -0.337 e. The molecule has 1 saturated heterocycles. The average molecular weight is 353 g/mol. The molecule has 1 aromatic heterocycles. The summed E-state index contributed by atoms with van der Waals surface area (Å²) in [6, 6.07) is 2.76. The number of nitrogens with one attached hydrogen (secondary N) is 1. The Balaban J connectivity index is 1.78. The van der Waals surface area contributed by atoms with E-state index in [0.29, 0.717) is 31.1 Å². The normalized spacial score (nSPS) is 24.3. The summed E-state index contributed by atoms with van der Waals surface area (Å²) in [5.74, 6) is 0.425.